The number of esters is 2. The number of carbonyl (C=O) groups is 2. The Hall–Kier alpha value is -2.89. The van der Waals surface area contributed by atoms with Gasteiger partial charge in [0.1, 0.15) is 0 Å². The van der Waals surface area contributed by atoms with E-state index in [0.717, 1.165) is 5.69 Å². The van der Waals surface area contributed by atoms with Crippen molar-refractivity contribution < 1.29 is 19.1 Å². The van der Waals surface area contributed by atoms with Crippen LogP contribution in [0, 0.1) is 0 Å². The fraction of sp³-hybridized carbons (Fsp3) is 0.133. The normalized spacial score (nSPS) is 9.81. The molecule has 0 amide bonds. The molecule has 2 aromatic rings. The smallest absolute Gasteiger partial charge is 0.339 e. The molecule has 1 heterocycles. The summed E-state index contributed by atoms with van der Waals surface area (Å²) < 4.78 is 9.41. The molecule has 21 heavy (non-hydrogen) atoms. The molecule has 0 saturated heterocycles. The van der Waals surface area contributed by atoms with Crippen molar-refractivity contribution in [2.45, 2.75) is 0 Å². The molecule has 0 aliphatic carbocycles. The molecule has 0 fully saturated rings. The lowest BCUT2D eigenvalue weighted by molar-refractivity contribution is 0.0587. The Morgan fingerprint density at radius 2 is 1.67 bits per heavy atom. The van der Waals surface area contributed by atoms with Crippen LogP contribution in [0.5, 0.6) is 0 Å². The summed E-state index contributed by atoms with van der Waals surface area (Å²) in [6, 6.07) is 8.05. The van der Waals surface area contributed by atoms with Crippen molar-refractivity contribution in [2.24, 2.45) is 0 Å². The molecule has 2 rings (SSSR count). The maximum absolute atomic E-state index is 11.8. The third kappa shape index (κ3) is 3.36. The van der Waals surface area contributed by atoms with E-state index in [0.29, 0.717) is 16.8 Å². The van der Waals surface area contributed by atoms with Crippen molar-refractivity contribution in [1.82, 2.24) is 4.98 Å². The van der Waals surface area contributed by atoms with Crippen molar-refractivity contribution in [3.8, 4) is 0 Å². The number of nitrogens with one attached hydrogen (secondary N) is 1. The number of pyridine rings is 1. The predicted molar refractivity (Wildman–Crippen MR) is 76.6 cm³/mol. The third-order valence-corrected chi connectivity index (χ3v) is 2.81. The van der Waals surface area contributed by atoms with Crippen LogP contribution in [-0.4, -0.2) is 31.1 Å². The number of ether oxygens (including phenoxy) is 2. The van der Waals surface area contributed by atoms with Gasteiger partial charge in [-0.05, 0) is 30.3 Å². The largest absolute Gasteiger partial charge is 0.465 e. The number of rotatable bonds is 4. The van der Waals surface area contributed by atoms with E-state index in [9.17, 15) is 9.59 Å². The number of methoxy groups -OCH3 is 2. The molecule has 0 spiro atoms. The van der Waals surface area contributed by atoms with E-state index >= 15 is 0 Å². The maximum Gasteiger partial charge on any atom is 0.339 e. The van der Waals surface area contributed by atoms with Crippen LogP contribution in [0.3, 0.4) is 0 Å². The molecular weight excluding hydrogens is 272 g/mol. The van der Waals surface area contributed by atoms with E-state index in [4.69, 9.17) is 4.74 Å². The summed E-state index contributed by atoms with van der Waals surface area (Å²) in [4.78, 5) is 27.3. The van der Waals surface area contributed by atoms with Crippen LogP contribution < -0.4 is 5.32 Å². The first-order valence-corrected chi connectivity index (χ1v) is 6.13. The zero-order chi connectivity index (χ0) is 15.2. The maximum atomic E-state index is 11.8. The van der Waals surface area contributed by atoms with Crippen molar-refractivity contribution in [1.29, 1.82) is 0 Å². The fourth-order valence-corrected chi connectivity index (χ4v) is 1.77. The first kappa shape index (κ1) is 14.5. The van der Waals surface area contributed by atoms with Gasteiger partial charge in [0, 0.05) is 18.1 Å². The lowest BCUT2D eigenvalue weighted by atomic mass is 10.1. The Bertz CT molecular complexity index is 656. The van der Waals surface area contributed by atoms with Gasteiger partial charge in [-0.3, -0.25) is 4.98 Å². The Kier molecular flexibility index (Phi) is 4.50. The highest BCUT2D eigenvalue weighted by atomic mass is 16.5. The fourth-order valence-electron chi connectivity index (χ4n) is 1.77. The molecule has 0 aliphatic heterocycles. The minimum atomic E-state index is -0.497. The number of anilines is 2. The van der Waals surface area contributed by atoms with Gasteiger partial charge < -0.3 is 14.8 Å². The molecule has 6 heteroatoms. The van der Waals surface area contributed by atoms with Crippen LogP contribution in [0.25, 0.3) is 0 Å². The van der Waals surface area contributed by atoms with E-state index in [-0.39, 0.29) is 0 Å². The third-order valence-electron chi connectivity index (χ3n) is 2.81. The van der Waals surface area contributed by atoms with Crippen molar-refractivity contribution in [2.75, 3.05) is 19.5 Å². The molecule has 0 atom stereocenters. The monoisotopic (exact) mass is 286 g/mol. The lowest BCUT2D eigenvalue weighted by Gasteiger charge is -2.12. The molecule has 6 nitrogen and oxygen atoms in total. The molecule has 0 unspecified atom stereocenters. The van der Waals surface area contributed by atoms with Crippen LogP contribution in [0.15, 0.2) is 42.7 Å². The Morgan fingerprint density at radius 1 is 1.00 bits per heavy atom. The molecule has 1 aromatic carbocycles. The van der Waals surface area contributed by atoms with Crippen molar-refractivity contribution >= 4 is 23.3 Å². The summed E-state index contributed by atoms with van der Waals surface area (Å²) >= 11 is 0. The van der Waals surface area contributed by atoms with E-state index in [1.807, 2.05) is 0 Å². The average molecular weight is 286 g/mol. The second-order valence-electron chi connectivity index (χ2n) is 4.10. The first-order valence-electron chi connectivity index (χ1n) is 6.13. The second-order valence-corrected chi connectivity index (χ2v) is 4.10. The zero-order valence-corrected chi connectivity index (χ0v) is 11.6. The Labute approximate surface area is 121 Å². The predicted octanol–water partition coefficient (Wildman–Crippen LogP) is 2.40. The summed E-state index contributed by atoms with van der Waals surface area (Å²) in [6.07, 6.45) is 3.23. The lowest BCUT2D eigenvalue weighted by Crippen LogP contribution is -2.08. The highest BCUT2D eigenvalue weighted by Gasteiger charge is 2.15. The van der Waals surface area contributed by atoms with Gasteiger partial charge in [-0.15, -0.1) is 0 Å². The Balaban J connectivity index is 2.43. The number of carbonyl (C=O) groups excluding carboxylic acids is 2. The molecule has 0 saturated carbocycles. The second kappa shape index (κ2) is 6.51. The molecule has 0 radical (unpaired) electrons. The molecule has 0 bridgehead atoms. The van der Waals surface area contributed by atoms with E-state index in [2.05, 4.69) is 15.0 Å². The zero-order valence-electron chi connectivity index (χ0n) is 11.6. The van der Waals surface area contributed by atoms with Crippen LogP contribution in [0.4, 0.5) is 11.4 Å². The summed E-state index contributed by atoms with van der Waals surface area (Å²) in [5.74, 6) is -0.979. The van der Waals surface area contributed by atoms with Gasteiger partial charge in [0.25, 0.3) is 0 Å². The van der Waals surface area contributed by atoms with Crippen LogP contribution in [0.1, 0.15) is 20.7 Å². The molecular formula is C15H14N2O4. The quantitative estimate of drug-likeness (QED) is 0.870. The number of aromatic nitrogens is 1. The van der Waals surface area contributed by atoms with Gasteiger partial charge in [-0.1, -0.05) is 0 Å². The highest BCUT2D eigenvalue weighted by molar-refractivity contribution is 5.99. The topological polar surface area (TPSA) is 77.5 Å². The molecule has 1 N–H and O–H groups in total. The first-order chi connectivity index (χ1) is 10.2. The molecule has 108 valence electrons. The SMILES string of the molecule is COC(=O)c1ccc(C(=O)OC)c(Nc2ccncc2)c1. The summed E-state index contributed by atoms with van der Waals surface area (Å²) in [7, 11) is 2.60. The van der Waals surface area contributed by atoms with Gasteiger partial charge in [-0.25, -0.2) is 9.59 Å². The average Bonchev–Trinajstić information content (AvgIpc) is 2.54. The number of hydrogen-bond acceptors (Lipinski definition) is 6. The minimum absolute atomic E-state index is 0.321. The summed E-state index contributed by atoms with van der Waals surface area (Å²) in [5.41, 5.74) is 1.84. The van der Waals surface area contributed by atoms with Gasteiger partial charge in [0.2, 0.25) is 0 Å². The standard InChI is InChI=1S/C15H14N2O4/c1-20-14(18)10-3-4-12(15(19)21-2)13(9-10)17-11-5-7-16-8-6-11/h3-9H,1-2H3,(H,16,17). The van der Waals surface area contributed by atoms with E-state index < -0.39 is 11.9 Å². The van der Waals surface area contributed by atoms with Gasteiger partial charge in [0.05, 0.1) is 31.0 Å². The van der Waals surface area contributed by atoms with Crippen LogP contribution in [0.2, 0.25) is 0 Å². The number of benzene rings is 1. The Morgan fingerprint density at radius 3 is 2.29 bits per heavy atom. The van der Waals surface area contributed by atoms with Crippen molar-refractivity contribution in [3.05, 3.63) is 53.9 Å². The minimum Gasteiger partial charge on any atom is -0.465 e. The molecule has 0 aliphatic rings. The summed E-state index contributed by atoms with van der Waals surface area (Å²) in [6.45, 7) is 0. The summed E-state index contributed by atoms with van der Waals surface area (Å²) in [5, 5.41) is 3.06. The van der Waals surface area contributed by atoms with E-state index in [1.54, 1.807) is 30.6 Å². The van der Waals surface area contributed by atoms with Gasteiger partial charge >= 0.3 is 11.9 Å². The van der Waals surface area contributed by atoms with Crippen molar-refractivity contribution in [3.63, 3.8) is 0 Å². The molecule has 1 aromatic heterocycles. The van der Waals surface area contributed by atoms with Gasteiger partial charge in [0.15, 0.2) is 0 Å². The van der Waals surface area contributed by atoms with Crippen LogP contribution in [-0.2, 0) is 9.47 Å². The number of nitrogens with zero attached hydrogens (tertiary/aromatic N) is 1. The van der Waals surface area contributed by atoms with E-state index in [1.165, 1.54) is 26.4 Å². The highest BCUT2D eigenvalue weighted by Crippen LogP contribution is 2.23. The van der Waals surface area contributed by atoms with Gasteiger partial charge in [-0.2, -0.15) is 0 Å². The van der Waals surface area contributed by atoms with Crippen LogP contribution >= 0.6 is 0 Å². The number of hydrogen-bond donors (Lipinski definition) is 1.